The van der Waals surface area contributed by atoms with Crippen LogP contribution < -0.4 is 15.8 Å². The monoisotopic (exact) mass is 238 g/mol. The van der Waals surface area contributed by atoms with E-state index in [1.165, 1.54) is 0 Å². The number of nitrogens with one attached hydrogen (secondary N) is 1. The molecule has 0 bridgehead atoms. The highest BCUT2D eigenvalue weighted by Crippen LogP contribution is 2.19. The Kier molecular flexibility index (Phi) is 5.25. The van der Waals surface area contributed by atoms with Crippen molar-refractivity contribution in [3.05, 3.63) is 24.3 Å². The van der Waals surface area contributed by atoms with Gasteiger partial charge in [-0.3, -0.25) is 0 Å². The van der Waals surface area contributed by atoms with E-state index in [0.29, 0.717) is 19.8 Å². The second-order valence-electron chi connectivity index (χ2n) is 4.26. The number of rotatable bonds is 7. The SMILES string of the molecule is CCOCC(C)(CN)Nc1ccc(OC)cc1. The maximum Gasteiger partial charge on any atom is 0.119 e. The molecule has 1 aromatic rings. The molecule has 0 fully saturated rings. The number of anilines is 1. The van der Waals surface area contributed by atoms with E-state index in [0.717, 1.165) is 11.4 Å². The average molecular weight is 238 g/mol. The molecule has 4 heteroatoms. The van der Waals surface area contributed by atoms with Crippen LogP contribution in [0, 0.1) is 0 Å². The van der Waals surface area contributed by atoms with E-state index in [9.17, 15) is 0 Å². The zero-order chi connectivity index (χ0) is 12.7. The summed E-state index contributed by atoms with van der Waals surface area (Å²) < 4.78 is 10.6. The van der Waals surface area contributed by atoms with Crippen molar-refractivity contribution in [2.45, 2.75) is 19.4 Å². The number of methoxy groups -OCH3 is 1. The molecule has 1 unspecified atom stereocenters. The molecule has 0 spiro atoms. The molecule has 3 N–H and O–H groups in total. The molecule has 0 aliphatic heterocycles. The summed E-state index contributed by atoms with van der Waals surface area (Å²) in [5.74, 6) is 0.842. The molecule has 0 aliphatic carbocycles. The molecule has 0 saturated carbocycles. The van der Waals surface area contributed by atoms with Crippen LogP contribution in [0.4, 0.5) is 5.69 Å². The molecular formula is C13H22N2O2. The lowest BCUT2D eigenvalue weighted by Crippen LogP contribution is -2.46. The second kappa shape index (κ2) is 6.47. The lowest BCUT2D eigenvalue weighted by molar-refractivity contribution is 0.112. The van der Waals surface area contributed by atoms with Gasteiger partial charge in [-0.15, -0.1) is 0 Å². The van der Waals surface area contributed by atoms with Crippen molar-refractivity contribution < 1.29 is 9.47 Å². The van der Waals surface area contributed by atoms with Crippen molar-refractivity contribution in [2.75, 3.05) is 32.2 Å². The van der Waals surface area contributed by atoms with E-state index in [1.807, 2.05) is 38.1 Å². The first kappa shape index (κ1) is 13.8. The normalized spacial score (nSPS) is 14.1. The number of benzene rings is 1. The van der Waals surface area contributed by atoms with Gasteiger partial charge in [0.15, 0.2) is 0 Å². The molecule has 0 aliphatic rings. The maximum atomic E-state index is 5.78. The van der Waals surface area contributed by atoms with Gasteiger partial charge in [-0.25, -0.2) is 0 Å². The first-order valence-electron chi connectivity index (χ1n) is 5.83. The molecule has 1 rings (SSSR count). The minimum absolute atomic E-state index is 0.245. The van der Waals surface area contributed by atoms with Crippen LogP contribution in [0.3, 0.4) is 0 Å². The molecule has 17 heavy (non-hydrogen) atoms. The fourth-order valence-corrected chi connectivity index (χ4v) is 1.50. The highest BCUT2D eigenvalue weighted by atomic mass is 16.5. The summed E-state index contributed by atoms with van der Waals surface area (Å²) in [4.78, 5) is 0. The Balaban J connectivity index is 2.65. The third-order valence-electron chi connectivity index (χ3n) is 2.61. The van der Waals surface area contributed by atoms with Crippen LogP contribution in [0.1, 0.15) is 13.8 Å². The van der Waals surface area contributed by atoms with E-state index < -0.39 is 0 Å². The zero-order valence-corrected chi connectivity index (χ0v) is 10.8. The van der Waals surface area contributed by atoms with Gasteiger partial charge in [-0.05, 0) is 38.1 Å². The summed E-state index contributed by atoms with van der Waals surface area (Å²) in [7, 11) is 1.65. The van der Waals surface area contributed by atoms with E-state index in [1.54, 1.807) is 7.11 Å². The van der Waals surface area contributed by atoms with Gasteiger partial charge in [0, 0.05) is 18.8 Å². The third kappa shape index (κ3) is 4.24. The van der Waals surface area contributed by atoms with Gasteiger partial charge in [0.1, 0.15) is 5.75 Å². The molecule has 0 aromatic heterocycles. The Morgan fingerprint density at radius 3 is 2.41 bits per heavy atom. The van der Waals surface area contributed by atoms with Crippen LogP contribution in [0.2, 0.25) is 0 Å². The summed E-state index contributed by atoms with van der Waals surface area (Å²) in [5, 5.41) is 3.39. The van der Waals surface area contributed by atoms with Crippen LogP contribution in [0.25, 0.3) is 0 Å². The van der Waals surface area contributed by atoms with Crippen LogP contribution in [0.5, 0.6) is 5.75 Å². The van der Waals surface area contributed by atoms with Gasteiger partial charge in [0.05, 0.1) is 19.3 Å². The molecule has 96 valence electrons. The summed E-state index contributed by atoms with van der Waals surface area (Å²) in [5.41, 5.74) is 6.55. The molecular weight excluding hydrogens is 216 g/mol. The van der Waals surface area contributed by atoms with Crippen LogP contribution in [-0.2, 0) is 4.74 Å². The molecule has 1 aromatic carbocycles. The van der Waals surface area contributed by atoms with Gasteiger partial charge in [-0.2, -0.15) is 0 Å². The first-order chi connectivity index (χ1) is 8.13. The summed E-state index contributed by atoms with van der Waals surface area (Å²) in [6.07, 6.45) is 0. The topological polar surface area (TPSA) is 56.5 Å². The molecule has 0 saturated heterocycles. The molecule has 1 atom stereocenters. The standard InChI is InChI=1S/C13H22N2O2/c1-4-17-10-13(2,9-14)15-11-5-7-12(16-3)8-6-11/h5-8,15H,4,9-10,14H2,1-3H3. The summed E-state index contributed by atoms with van der Waals surface area (Å²) >= 11 is 0. The third-order valence-corrected chi connectivity index (χ3v) is 2.61. The number of ether oxygens (including phenoxy) is 2. The lowest BCUT2D eigenvalue weighted by Gasteiger charge is -2.30. The predicted molar refractivity (Wildman–Crippen MR) is 70.6 cm³/mol. The Morgan fingerprint density at radius 2 is 1.94 bits per heavy atom. The Morgan fingerprint density at radius 1 is 1.29 bits per heavy atom. The smallest absolute Gasteiger partial charge is 0.119 e. The minimum atomic E-state index is -0.245. The minimum Gasteiger partial charge on any atom is -0.497 e. The van der Waals surface area contributed by atoms with Gasteiger partial charge in [-0.1, -0.05) is 0 Å². The van der Waals surface area contributed by atoms with Crippen LogP contribution in [0.15, 0.2) is 24.3 Å². The van der Waals surface area contributed by atoms with Crippen LogP contribution in [-0.4, -0.2) is 32.4 Å². The van der Waals surface area contributed by atoms with E-state index in [2.05, 4.69) is 5.32 Å². The second-order valence-corrected chi connectivity index (χ2v) is 4.26. The van der Waals surface area contributed by atoms with Gasteiger partial charge in [0.2, 0.25) is 0 Å². The summed E-state index contributed by atoms with van der Waals surface area (Å²) in [6.45, 7) is 5.82. The highest BCUT2D eigenvalue weighted by molar-refractivity contribution is 5.48. The summed E-state index contributed by atoms with van der Waals surface area (Å²) in [6, 6.07) is 7.78. The fraction of sp³-hybridized carbons (Fsp3) is 0.538. The molecule has 0 heterocycles. The van der Waals surface area contributed by atoms with Crippen molar-refractivity contribution in [1.82, 2.24) is 0 Å². The van der Waals surface area contributed by atoms with E-state index in [-0.39, 0.29) is 5.54 Å². The largest absolute Gasteiger partial charge is 0.497 e. The Bertz CT molecular complexity index is 327. The number of hydrogen-bond acceptors (Lipinski definition) is 4. The van der Waals surface area contributed by atoms with Crippen molar-refractivity contribution in [3.8, 4) is 5.75 Å². The maximum absolute atomic E-state index is 5.78. The predicted octanol–water partition coefficient (Wildman–Crippen LogP) is 1.86. The van der Waals surface area contributed by atoms with Crippen LogP contribution >= 0.6 is 0 Å². The van der Waals surface area contributed by atoms with Crippen molar-refractivity contribution in [1.29, 1.82) is 0 Å². The first-order valence-corrected chi connectivity index (χ1v) is 5.83. The Labute approximate surface area is 103 Å². The average Bonchev–Trinajstić information content (AvgIpc) is 2.37. The van der Waals surface area contributed by atoms with Gasteiger partial charge in [0.25, 0.3) is 0 Å². The molecule has 0 radical (unpaired) electrons. The number of hydrogen-bond donors (Lipinski definition) is 2. The molecule has 0 amide bonds. The lowest BCUT2D eigenvalue weighted by atomic mass is 10.0. The van der Waals surface area contributed by atoms with Gasteiger partial charge >= 0.3 is 0 Å². The quantitative estimate of drug-likeness (QED) is 0.761. The Hall–Kier alpha value is -1.26. The van der Waals surface area contributed by atoms with E-state index >= 15 is 0 Å². The van der Waals surface area contributed by atoms with Gasteiger partial charge < -0.3 is 20.5 Å². The fourth-order valence-electron chi connectivity index (χ4n) is 1.50. The highest BCUT2D eigenvalue weighted by Gasteiger charge is 2.22. The van der Waals surface area contributed by atoms with Crippen molar-refractivity contribution >= 4 is 5.69 Å². The van der Waals surface area contributed by atoms with Crippen molar-refractivity contribution in [3.63, 3.8) is 0 Å². The molecule has 4 nitrogen and oxygen atoms in total. The zero-order valence-electron chi connectivity index (χ0n) is 10.8. The van der Waals surface area contributed by atoms with Crippen molar-refractivity contribution in [2.24, 2.45) is 5.73 Å². The number of nitrogens with two attached hydrogens (primary N) is 1. The van der Waals surface area contributed by atoms with E-state index in [4.69, 9.17) is 15.2 Å².